The Morgan fingerprint density at radius 1 is 1.03 bits per heavy atom. The van der Waals surface area contributed by atoms with Gasteiger partial charge in [0.1, 0.15) is 17.2 Å². The molecule has 2 amide bonds. The van der Waals surface area contributed by atoms with Gasteiger partial charge >= 0.3 is 6.03 Å². The molecule has 2 aromatic carbocycles. The molecule has 2 heterocycles. The van der Waals surface area contributed by atoms with Crippen molar-refractivity contribution in [2.45, 2.75) is 6.92 Å². The largest absolute Gasteiger partial charge is 0.497 e. The van der Waals surface area contributed by atoms with Crippen LogP contribution in [0, 0.1) is 0 Å². The summed E-state index contributed by atoms with van der Waals surface area (Å²) in [6.45, 7) is 5.31. The SMILES string of the molecule is CCOc1ccc2nc(N3CCN(C(=O)Nc4cc(OC)cc(OC)c4)CC3)sc2c1. The lowest BCUT2D eigenvalue weighted by Crippen LogP contribution is -2.50. The smallest absolute Gasteiger partial charge is 0.321 e. The van der Waals surface area contributed by atoms with E-state index in [-0.39, 0.29) is 6.03 Å². The highest BCUT2D eigenvalue weighted by Gasteiger charge is 2.23. The van der Waals surface area contributed by atoms with Gasteiger partial charge in [-0.3, -0.25) is 0 Å². The van der Waals surface area contributed by atoms with E-state index < -0.39 is 0 Å². The molecule has 1 saturated heterocycles. The first-order valence-electron chi connectivity index (χ1n) is 10.2. The Morgan fingerprint density at radius 2 is 1.74 bits per heavy atom. The van der Waals surface area contributed by atoms with E-state index in [1.165, 1.54) is 0 Å². The van der Waals surface area contributed by atoms with Crippen molar-refractivity contribution in [1.82, 2.24) is 9.88 Å². The minimum atomic E-state index is -0.138. The van der Waals surface area contributed by atoms with Crippen molar-refractivity contribution in [2.24, 2.45) is 0 Å². The normalized spacial score (nSPS) is 13.9. The minimum absolute atomic E-state index is 0.138. The van der Waals surface area contributed by atoms with Gasteiger partial charge in [0.15, 0.2) is 5.13 Å². The van der Waals surface area contributed by atoms with Crippen molar-refractivity contribution in [3.63, 3.8) is 0 Å². The lowest BCUT2D eigenvalue weighted by Gasteiger charge is -2.34. The monoisotopic (exact) mass is 442 g/mol. The Hall–Kier alpha value is -3.20. The molecule has 0 unspecified atom stereocenters. The second-order valence-electron chi connectivity index (χ2n) is 7.06. The maximum absolute atomic E-state index is 12.7. The van der Waals surface area contributed by atoms with E-state index in [0.717, 1.165) is 34.2 Å². The molecular formula is C22H26N4O4S. The molecule has 8 nitrogen and oxygen atoms in total. The van der Waals surface area contributed by atoms with Crippen LogP contribution in [0.25, 0.3) is 10.2 Å². The Balaban J connectivity index is 1.38. The quantitative estimate of drug-likeness (QED) is 0.620. The molecular weight excluding hydrogens is 416 g/mol. The predicted molar refractivity (Wildman–Crippen MR) is 123 cm³/mol. The van der Waals surface area contributed by atoms with E-state index in [1.54, 1.807) is 43.8 Å². The number of aromatic nitrogens is 1. The molecule has 4 rings (SSSR count). The number of hydrogen-bond donors (Lipinski definition) is 1. The first-order chi connectivity index (χ1) is 15.1. The lowest BCUT2D eigenvalue weighted by atomic mass is 10.2. The van der Waals surface area contributed by atoms with E-state index in [1.807, 2.05) is 30.0 Å². The van der Waals surface area contributed by atoms with Gasteiger partial charge in [0.25, 0.3) is 0 Å². The number of carbonyl (C=O) groups is 1. The molecule has 3 aromatic rings. The maximum Gasteiger partial charge on any atom is 0.321 e. The Kier molecular flexibility index (Phi) is 6.31. The highest BCUT2D eigenvalue weighted by molar-refractivity contribution is 7.22. The second-order valence-corrected chi connectivity index (χ2v) is 8.07. The zero-order chi connectivity index (χ0) is 21.8. The number of ether oxygens (including phenoxy) is 3. The van der Waals surface area contributed by atoms with Gasteiger partial charge in [-0.05, 0) is 25.1 Å². The number of hydrogen-bond acceptors (Lipinski definition) is 7. The van der Waals surface area contributed by atoms with Crippen LogP contribution >= 0.6 is 11.3 Å². The zero-order valence-corrected chi connectivity index (χ0v) is 18.7. The van der Waals surface area contributed by atoms with Gasteiger partial charge in [0, 0.05) is 50.1 Å². The van der Waals surface area contributed by atoms with Gasteiger partial charge in [0.2, 0.25) is 0 Å². The fourth-order valence-electron chi connectivity index (χ4n) is 3.47. The standard InChI is InChI=1S/C22H26N4O4S/c1-4-30-16-5-6-19-20(14-16)31-22(24-19)26-9-7-25(8-10-26)21(27)23-15-11-17(28-2)13-18(12-15)29-3/h5-6,11-14H,4,7-10H2,1-3H3,(H,23,27). The Bertz CT molecular complexity index is 1040. The van der Waals surface area contributed by atoms with Gasteiger partial charge < -0.3 is 29.3 Å². The molecule has 9 heteroatoms. The number of methoxy groups -OCH3 is 2. The molecule has 1 aromatic heterocycles. The molecule has 0 spiro atoms. The summed E-state index contributed by atoms with van der Waals surface area (Å²) < 4.78 is 17.2. The number of carbonyl (C=O) groups excluding carboxylic acids is 1. The van der Waals surface area contributed by atoms with E-state index in [9.17, 15) is 4.79 Å². The summed E-state index contributed by atoms with van der Waals surface area (Å²) in [7, 11) is 3.17. The topological polar surface area (TPSA) is 76.2 Å². The van der Waals surface area contributed by atoms with Crippen LogP contribution in [0.15, 0.2) is 36.4 Å². The fraction of sp³-hybridized carbons (Fsp3) is 0.364. The second kappa shape index (κ2) is 9.30. The van der Waals surface area contributed by atoms with Crippen molar-refractivity contribution in [1.29, 1.82) is 0 Å². The summed E-state index contributed by atoms with van der Waals surface area (Å²) >= 11 is 1.65. The van der Waals surface area contributed by atoms with Crippen molar-refractivity contribution in [3.8, 4) is 17.2 Å². The highest BCUT2D eigenvalue weighted by Crippen LogP contribution is 2.32. The third kappa shape index (κ3) is 4.77. The molecule has 0 atom stereocenters. The first kappa shape index (κ1) is 21.0. The lowest BCUT2D eigenvalue weighted by molar-refractivity contribution is 0.208. The molecule has 0 saturated carbocycles. The van der Waals surface area contributed by atoms with Crippen molar-refractivity contribution < 1.29 is 19.0 Å². The molecule has 1 fully saturated rings. The number of urea groups is 1. The van der Waals surface area contributed by atoms with E-state index in [0.29, 0.717) is 36.9 Å². The number of rotatable bonds is 6. The van der Waals surface area contributed by atoms with Crippen LogP contribution in [-0.4, -0.2) is 62.9 Å². The summed E-state index contributed by atoms with van der Waals surface area (Å²) in [4.78, 5) is 21.5. The third-order valence-corrected chi connectivity index (χ3v) is 6.18. The fourth-order valence-corrected chi connectivity index (χ4v) is 4.51. The van der Waals surface area contributed by atoms with Crippen LogP contribution in [0.5, 0.6) is 17.2 Å². The van der Waals surface area contributed by atoms with E-state index in [2.05, 4.69) is 10.2 Å². The molecule has 1 aliphatic rings. The number of amides is 2. The Morgan fingerprint density at radius 3 is 2.39 bits per heavy atom. The summed E-state index contributed by atoms with van der Waals surface area (Å²) in [5.74, 6) is 2.12. The molecule has 1 aliphatic heterocycles. The third-order valence-electron chi connectivity index (χ3n) is 5.10. The number of benzene rings is 2. The van der Waals surface area contributed by atoms with Crippen molar-refractivity contribution >= 4 is 38.4 Å². The summed E-state index contributed by atoms with van der Waals surface area (Å²) in [6, 6.07) is 11.1. The van der Waals surface area contributed by atoms with Crippen LogP contribution in [-0.2, 0) is 0 Å². The predicted octanol–water partition coefficient (Wildman–Crippen LogP) is 4.07. The molecule has 1 N–H and O–H groups in total. The van der Waals surface area contributed by atoms with Gasteiger partial charge in [-0.15, -0.1) is 0 Å². The number of anilines is 2. The first-order valence-corrected chi connectivity index (χ1v) is 11.0. The van der Waals surface area contributed by atoms with Crippen LogP contribution in [0.4, 0.5) is 15.6 Å². The number of nitrogens with one attached hydrogen (secondary N) is 1. The Labute approximate surface area is 185 Å². The van der Waals surface area contributed by atoms with Crippen molar-refractivity contribution in [2.75, 3.05) is 57.2 Å². The maximum atomic E-state index is 12.7. The van der Waals surface area contributed by atoms with Gasteiger partial charge in [-0.25, -0.2) is 9.78 Å². The average molecular weight is 443 g/mol. The van der Waals surface area contributed by atoms with E-state index in [4.69, 9.17) is 19.2 Å². The zero-order valence-electron chi connectivity index (χ0n) is 17.9. The minimum Gasteiger partial charge on any atom is -0.497 e. The summed E-state index contributed by atoms with van der Waals surface area (Å²) in [5.41, 5.74) is 1.61. The van der Waals surface area contributed by atoms with Gasteiger partial charge in [-0.1, -0.05) is 11.3 Å². The number of thiazole rings is 1. The molecule has 0 bridgehead atoms. The van der Waals surface area contributed by atoms with Crippen LogP contribution < -0.4 is 24.4 Å². The van der Waals surface area contributed by atoms with Gasteiger partial charge in [-0.2, -0.15) is 0 Å². The van der Waals surface area contributed by atoms with Crippen LogP contribution in [0.2, 0.25) is 0 Å². The average Bonchev–Trinajstić information content (AvgIpc) is 3.22. The molecule has 31 heavy (non-hydrogen) atoms. The van der Waals surface area contributed by atoms with Gasteiger partial charge in [0.05, 0.1) is 31.0 Å². The highest BCUT2D eigenvalue weighted by atomic mass is 32.1. The van der Waals surface area contributed by atoms with E-state index >= 15 is 0 Å². The molecule has 164 valence electrons. The summed E-state index contributed by atoms with van der Waals surface area (Å²) in [5, 5.41) is 3.91. The van der Waals surface area contributed by atoms with Crippen LogP contribution in [0.1, 0.15) is 6.92 Å². The summed E-state index contributed by atoms with van der Waals surface area (Å²) in [6.07, 6.45) is 0. The molecule has 0 aliphatic carbocycles. The number of nitrogens with zero attached hydrogens (tertiary/aromatic N) is 3. The number of fused-ring (bicyclic) bond motifs is 1. The molecule has 0 radical (unpaired) electrons. The van der Waals surface area contributed by atoms with Crippen LogP contribution in [0.3, 0.4) is 0 Å². The number of piperazine rings is 1. The van der Waals surface area contributed by atoms with Crippen molar-refractivity contribution in [3.05, 3.63) is 36.4 Å².